The fourth-order valence-corrected chi connectivity index (χ4v) is 4.38. The number of carbonyl (C=O) groups excluding carboxylic acids is 4. The van der Waals surface area contributed by atoms with E-state index in [9.17, 15) is 19.2 Å². The highest BCUT2D eigenvalue weighted by Gasteiger charge is 2.51. The summed E-state index contributed by atoms with van der Waals surface area (Å²) >= 11 is 0. The molecule has 1 aromatic carbocycles. The van der Waals surface area contributed by atoms with Gasteiger partial charge in [0.05, 0.1) is 0 Å². The standard InChI is InChI=1S/C23H31N3O5/c1-4-23(17-8-6-5-7-9-17)21(29)26(22(30)24-23)14-20(28)31-15-19(27)25(3)18-12-10-16(2)11-13-18/h5-9,16,18H,4,10-15H2,1-3H3,(H,24,30). The van der Waals surface area contributed by atoms with Crippen molar-refractivity contribution < 1.29 is 23.9 Å². The number of rotatable bonds is 7. The van der Waals surface area contributed by atoms with Crippen molar-refractivity contribution >= 4 is 23.8 Å². The number of likely N-dealkylation sites (N-methyl/N-ethyl adjacent to an activating group) is 1. The first-order valence-electron chi connectivity index (χ1n) is 10.9. The third-order valence-corrected chi connectivity index (χ3v) is 6.54. The number of amides is 4. The summed E-state index contributed by atoms with van der Waals surface area (Å²) in [5, 5.41) is 2.72. The van der Waals surface area contributed by atoms with E-state index in [1.807, 2.05) is 6.07 Å². The zero-order chi connectivity index (χ0) is 22.6. The molecular weight excluding hydrogens is 398 g/mol. The van der Waals surface area contributed by atoms with Gasteiger partial charge in [0.1, 0.15) is 12.1 Å². The minimum absolute atomic E-state index is 0.157. The maximum atomic E-state index is 13.0. The summed E-state index contributed by atoms with van der Waals surface area (Å²) in [6.45, 7) is 3.08. The molecule has 0 bridgehead atoms. The van der Waals surface area contributed by atoms with Gasteiger partial charge in [-0.2, -0.15) is 0 Å². The summed E-state index contributed by atoms with van der Waals surface area (Å²) < 4.78 is 5.10. The van der Waals surface area contributed by atoms with E-state index in [1.165, 1.54) is 0 Å². The van der Waals surface area contributed by atoms with Crippen LogP contribution in [0.3, 0.4) is 0 Å². The molecule has 168 valence electrons. The van der Waals surface area contributed by atoms with E-state index in [0.29, 0.717) is 17.9 Å². The molecule has 1 aliphatic heterocycles. The molecule has 0 radical (unpaired) electrons. The Morgan fingerprint density at radius 1 is 1.16 bits per heavy atom. The van der Waals surface area contributed by atoms with Crippen LogP contribution in [-0.2, 0) is 24.7 Å². The predicted molar refractivity (Wildman–Crippen MR) is 114 cm³/mol. The lowest BCUT2D eigenvalue weighted by atomic mass is 9.87. The van der Waals surface area contributed by atoms with Gasteiger partial charge in [-0.05, 0) is 43.6 Å². The Hall–Kier alpha value is -2.90. The van der Waals surface area contributed by atoms with Gasteiger partial charge in [0.25, 0.3) is 11.8 Å². The Morgan fingerprint density at radius 2 is 1.81 bits per heavy atom. The van der Waals surface area contributed by atoms with Crippen molar-refractivity contribution in [3.8, 4) is 0 Å². The van der Waals surface area contributed by atoms with Crippen molar-refractivity contribution in [2.45, 2.75) is 57.5 Å². The summed E-state index contributed by atoms with van der Waals surface area (Å²) in [6.07, 6.45) is 4.39. The maximum absolute atomic E-state index is 13.0. The first-order valence-corrected chi connectivity index (χ1v) is 10.9. The molecule has 8 nitrogen and oxygen atoms in total. The van der Waals surface area contributed by atoms with Gasteiger partial charge in [-0.15, -0.1) is 0 Å². The lowest BCUT2D eigenvalue weighted by molar-refractivity contribution is -0.154. The van der Waals surface area contributed by atoms with E-state index in [0.717, 1.165) is 30.6 Å². The molecule has 1 atom stereocenters. The summed E-state index contributed by atoms with van der Waals surface area (Å²) in [5.41, 5.74) is -0.544. The van der Waals surface area contributed by atoms with E-state index in [4.69, 9.17) is 4.74 Å². The molecule has 0 spiro atoms. The molecule has 1 heterocycles. The van der Waals surface area contributed by atoms with Crippen LogP contribution in [0.1, 0.15) is 51.5 Å². The maximum Gasteiger partial charge on any atom is 0.326 e. The van der Waals surface area contributed by atoms with Gasteiger partial charge in [0.2, 0.25) is 0 Å². The molecule has 1 aromatic rings. The summed E-state index contributed by atoms with van der Waals surface area (Å²) in [7, 11) is 1.73. The minimum atomic E-state index is -1.20. The molecule has 31 heavy (non-hydrogen) atoms. The number of imide groups is 1. The second-order valence-corrected chi connectivity index (χ2v) is 8.53. The number of carbonyl (C=O) groups is 4. The number of nitrogens with one attached hydrogen (secondary N) is 1. The van der Waals surface area contributed by atoms with Crippen LogP contribution in [0.15, 0.2) is 30.3 Å². The van der Waals surface area contributed by atoms with Gasteiger partial charge < -0.3 is 15.0 Å². The van der Waals surface area contributed by atoms with Gasteiger partial charge in [-0.3, -0.25) is 19.3 Å². The molecule has 1 saturated heterocycles. The Kier molecular flexibility index (Phi) is 6.97. The zero-order valence-electron chi connectivity index (χ0n) is 18.4. The number of urea groups is 1. The van der Waals surface area contributed by atoms with Crippen LogP contribution in [0.5, 0.6) is 0 Å². The Morgan fingerprint density at radius 3 is 2.42 bits per heavy atom. The number of hydrogen-bond donors (Lipinski definition) is 1. The largest absolute Gasteiger partial charge is 0.454 e. The van der Waals surface area contributed by atoms with Gasteiger partial charge in [0, 0.05) is 13.1 Å². The van der Waals surface area contributed by atoms with Crippen LogP contribution in [0.4, 0.5) is 4.79 Å². The predicted octanol–water partition coefficient (Wildman–Crippen LogP) is 2.42. The second-order valence-electron chi connectivity index (χ2n) is 8.53. The first-order chi connectivity index (χ1) is 14.8. The van der Waals surface area contributed by atoms with Crippen molar-refractivity contribution in [3.05, 3.63) is 35.9 Å². The van der Waals surface area contributed by atoms with Gasteiger partial charge in [-0.1, -0.05) is 44.2 Å². The van der Waals surface area contributed by atoms with Crippen LogP contribution in [0, 0.1) is 5.92 Å². The third kappa shape index (κ3) is 4.73. The molecule has 2 fully saturated rings. The zero-order valence-corrected chi connectivity index (χ0v) is 18.4. The Bertz CT molecular complexity index is 835. The Balaban J connectivity index is 1.56. The number of nitrogens with zero attached hydrogens (tertiary/aromatic N) is 2. The number of hydrogen-bond acceptors (Lipinski definition) is 5. The van der Waals surface area contributed by atoms with Crippen molar-refractivity contribution in [1.82, 2.24) is 15.1 Å². The van der Waals surface area contributed by atoms with Crippen molar-refractivity contribution in [2.24, 2.45) is 5.92 Å². The molecule has 3 rings (SSSR count). The number of ether oxygens (including phenoxy) is 1. The average Bonchev–Trinajstić information content (AvgIpc) is 3.03. The number of benzene rings is 1. The lowest BCUT2D eigenvalue weighted by Crippen LogP contribution is -2.44. The second kappa shape index (κ2) is 9.49. The average molecular weight is 430 g/mol. The molecule has 4 amide bonds. The Labute approximate surface area is 182 Å². The van der Waals surface area contributed by atoms with E-state index in [2.05, 4.69) is 12.2 Å². The topological polar surface area (TPSA) is 96.0 Å². The van der Waals surface area contributed by atoms with Crippen LogP contribution < -0.4 is 5.32 Å². The van der Waals surface area contributed by atoms with E-state index < -0.39 is 36.6 Å². The minimum Gasteiger partial charge on any atom is -0.454 e. The highest BCUT2D eigenvalue weighted by molar-refractivity contribution is 6.09. The van der Waals surface area contributed by atoms with Crippen molar-refractivity contribution in [1.29, 1.82) is 0 Å². The molecule has 0 aromatic heterocycles. The molecule has 1 N–H and O–H groups in total. The van der Waals surface area contributed by atoms with Crippen LogP contribution >= 0.6 is 0 Å². The van der Waals surface area contributed by atoms with E-state index in [1.54, 1.807) is 43.1 Å². The monoisotopic (exact) mass is 429 g/mol. The lowest BCUT2D eigenvalue weighted by Gasteiger charge is -2.33. The van der Waals surface area contributed by atoms with Crippen molar-refractivity contribution in [2.75, 3.05) is 20.2 Å². The van der Waals surface area contributed by atoms with E-state index >= 15 is 0 Å². The quantitative estimate of drug-likeness (QED) is 0.530. The molecule has 1 aliphatic carbocycles. The summed E-state index contributed by atoms with van der Waals surface area (Å²) in [5.74, 6) is -0.893. The van der Waals surface area contributed by atoms with Gasteiger partial charge >= 0.3 is 12.0 Å². The van der Waals surface area contributed by atoms with Gasteiger partial charge in [-0.25, -0.2) is 4.79 Å². The molecule has 8 heteroatoms. The van der Waals surface area contributed by atoms with Gasteiger partial charge in [0.15, 0.2) is 6.61 Å². The van der Waals surface area contributed by atoms with Crippen molar-refractivity contribution in [3.63, 3.8) is 0 Å². The summed E-state index contributed by atoms with van der Waals surface area (Å²) in [6, 6.07) is 8.45. The highest BCUT2D eigenvalue weighted by Crippen LogP contribution is 2.32. The van der Waals surface area contributed by atoms with E-state index in [-0.39, 0.29) is 11.9 Å². The number of esters is 1. The van der Waals surface area contributed by atoms with Crippen LogP contribution in [-0.4, -0.2) is 59.9 Å². The third-order valence-electron chi connectivity index (χ3n) is 6.54. The fraction of sp³-hybridized carbons (Fsp3) is 0.565. The molecular formula is C23H31N3O5. The molecule has 2 aliphatic rings. The van der Waals surface area contributed by atoms with Crippen LogP contribution in [0.25, 0.3) is 0 Å². The molecule has 1 unspecified atom stereocenters. The highest BCUT2D eigenvalue weighted by atomic mass is 16.5. The van der Waals surface area contributed by atoms with Crippen LogP contribution in [0.2, 0.25) is 0 Å². The fourth-order valence-electron chi connectivity index (χ4n) is 4.38. The molecule has 1 saturated carbocycles. The normalized spacial score (nSPS) is 25.8. The SMILES string of the molecule is CCC1(c2ccccc2)NC(=O)N(CC(=O)OCC(=O)N(C)C2CCC(C)CC2)C1=O. The smallest absolute Gasteiger partial charge is 0.326 e. The summed E-state index contributed by atoms with van der Waals surface area (Å²) in [4.78, 5) is 52.7. The first kappa shape index (κ1) is 22.8.